The highest BCUT2D eigenvalue weighted by molar-refractivity contribution is 5.97. The Morgan fingerprint density at radius 3 is 2.62 bits per heavy atom. The van der Waals surface area contributed by atoms with Crippen LogP contribution in [-0.2, 0) is 9.53 Å². The monoisotopic (exact) mass is 399 g/mol. The zero-order valence-corrected chi connectivity index (χ0v) is 16.6. The predicted octanol–water partition coefficient (Wildman–Crippen LogP) is 3.21. The number of hydrogen-bond acceptors (Lipinski definition) is 6. The lowest BCUT2D eigenvalue weighted by molar-refractivity contribution is -0.123. The van der Waals surface area contributed by atoms with E-state index in [0.717, 1.165) is 31.2 Å². The van der Waals surface area contributed by atoms with Crippen LogP contribution in [-0.4, -0.2) is 35.5 Å². The summed E-state index contributed by atoms with van der Waals surface area (Å²) in [6.07, 6.45) is 4.16. The highest BCUT2D eigenvalue weighted by Crippen LogP contribution is 2.23. The van der Waals surface area contributed by atoms with E-state index in [1.807, 2.05) is 18.2 Å². The molecule has 1 aromatic carbocycles. The number of urea groups is 1. The number of hydrogen-bond donors (Lipinski definition) is 2. The summed E-state index contributed by atoms with van der Waals surface area (Å²) in [5, 5.41) is 5.00. The smallest absolute Gasteiger partial charge is 0.361 e. The molecule has 1 aliphatic rings. The largest absolute Gasteiger partial charge is 0.451 e. The summed E-state index contributed by atoms with van der Waals surface area (Å²) < 4.78 is 10.5. The minimum atomic E-state index is -0.787. The van der Waals surface area contributed by atoms with Gasteiger partial charge >= 0.3 is 12.0 Å². The molecule has 1 heterocycles. The van der Waals surface area contributed by atoms with Crippen LogP contribution in [0.2, 0.25) is 0 Å². The highest BCUT2D eigenvalue weighted by atomic mass is 16.5. The molecule has 2 atom stereocenters. The molecule has 8 heteroatoms. The summed E-state index contributed by atoms with van der Waals surface area (Å²) >= 11 is 0. The first kappa shape index (κ1) is 20.6. The number of imide groups is 1. The Balaban J connectivity index is 1.49. The average molecular weight is 399 g/mol. The summed E-state index contributed by atoms with van der Waals surface area (Å²) in [5.74, 6) is -0.538. The zero-order valence-electron chi connectivity index (χ0n) is 16.6. The molecule has 29 heavy (non-hydrogen) atoms. The van der Waals surface area contributed by atoms with Gasteiger partial charge < -0.3 is 14.5 Å². The molecule has 1 saturated carbocycles. The molecule has 3 amide bonds. The Morgan fingerprint density at radius 2 is 1.90 bits per heavy atom. The van der Waals surface area contributed by atoms with Crippen LogP contribution in [0.3, 0.4) is 0 Å². The lowest BCUT2D eigenvalue weighted by Crippen LogP contribution is -2.48. The molecule has 154 valence electrons. The number of carbonyl (C=O) groups excluding carboxylic acids is 3. The maximum atomic E-state index is 12.2. The van der Waals surface area contributed by atoms with E-state index in [0.29, 0.717) is 17.6 Å². The predicted molar refractivity (Wildman–Crippen MR) is 105 cm³/mol. The van der Waals surface area contributed by atoms with Crippen LogP contribution in [0.25, 0.3) is 11.5 Å². The fourth-order valence-electron chi connectivity index (χ4n) is 3.39. The number of ether oxygens (including phenoxy) is 1. The Labute approximate surface area is 169 Å². The second kappa shape index (κ2) is 9.36. The summed E-state index contributed by atoms with van der Waals surface area (Å²) in [7, 11) is 0. The molecule has 1 aromatic heterocycles. The van der Waals surface area contributed by atoms with Gasteiger partial charge in [-0.2, -0.15) is 0 Å². The first-order chi connectivity index (χ1) is 13.9. The van der Waals surface area contributed by atoms with Crippen LogP contribution < -0.4 is 10.6 Å². The molecule has 0 spiro atoms. The topological polar surface area (TPSA) is 111 Å². The fraction of sp³-hybridized carbons (Fsp3) is 0.429. The van der Waals surface area contributed by atoms with Crippen molar-refractivity contribution < 1.29 is 23.5 Å². The third-order valence-corrected chi connectivity index (χ3v) is 5.03. The Bertz CT molecular complexity index is 878. The van der Waals surface area contributed by atoms with Gasteiger partial charge in [-0.1, -0.05) is 38.0 Å². The van der Waals surface area contributed by atoms with Crippen LogP contribution >= 0.6 is 0 Å². The molecule has 8 nitrogen and oxygen atoms in total. The molecule has 0 bridgehead atoms. The first-order valence-electron chi connectivity index (χ1n) is 9.74. The van der Waals surface area contributed by atoms with Crippen molar-refractivity contribution in [1.82, 2.24) is 15.6 Å². The number of aromatic nitrogens is 1. The number of nitrogens with one attached hydrogen (secondary N) is 2. The minimum absolute atomic E-state index is 0.00265. The maximum Gasteiger partial charge on any atom is 0.361 e. The molecule has 2 N–H and O–H groups in total. The molecule has 1 fully saturated rings. The Kier molecular flexibility index (Phi) is 6.64. The van der Waals surface area contributed by atoms with E-state index in [2.05, 4.69) is 22.5 Å². The van der Waals surface area contributed by atoms with Crippen LogP contribution in [0, 0.1) is 12.8 Å². The van der Waals surface area contributed by atoms with Crippen molar-refractivity contribution in [3.05, 3.63) is 41.8 Å². The first-order valence-corrected chi connectivity index (χ1v) is 9.74. The molecule has 0 unspecified atom stereocenters. The van der Waals surface area contributed by atoms with Gasteiger partial charge in [-0.3, -0.25) is 10.1 Å². The van der Waals surface area contributed by atoms with E-state index < -0.39 is 24.5 Å². The maximum absolute atomic E-state index is 12.2. The summed E-state index contributed by atoms with van der Waals surface area (Å²) in [6, 6.07) is 8.60. The standard InChI is InChI=1S/C21H25N3O5/c1-13-8-6-7-11-16(13)22-21(27)23-17(25)12-28-20(26)18-14(2)29-19(24-18)15-9-4-3-5-10-15/h3-5,9-10,13,16H,6-8,11-12H2,1-2H3,(H2,22,23,25,27)/t13-,16+/m1/s1. The summed E-state index contributed by atoms with van der Waals surface area (Å²) in [4.78, 5) is 40.3. The highest BCUT2D eigenvalue weighted by Gasteiger charge is 2.24. The minimum Gasteiger partial charge on any atom is -0.451 e. The van der Waals surface area contributed by atoms with Crippen molar-refractivity contribution in [3.8, 4) is 11.5 Å². The molecular formula is C21H25N3O5. The van der Waals surface area contributed by atoms with Crippen LogP contribution in [0.5, 0.6) is 0 Å². The third-order valence-electron chi connectivity index (χ3n) is 5.03. The SMILES string of the molecule is Cc1oc(-c2ccccc2)nc1C(=O)OCC(=O)NC(=O)N[C@H]1CCCC[C@H]1C. The van der Waals surface area contributed by atoms with Crippen molar-refractivity contribution in [2.45, 2.75) is 45.6 Å². The quantitative estimate of drug-likeness (QED) is 0.747. The lowest BCUT2D eigenvalue weighted by Gasteiger charge is -2.29. The van der Waals surface area contributed by atoms with Crippen LogP contribution in [0.4, 0.5) is 4.79 Å². The number of amides is 3. The Hall–Kier alpha value is -3.16. The van der Waals surface area contributed by atoms with Crippen molar-refractivity contribution in [1.29, 1.82) is 0 Å². The van der Waals surface area contributed by atoms with Crippen LogP contribution in [0.15, 0.2) is 34.7 Å². The number of esters is 1. The van der Waals surface area contributed by atoms with E-state index in [4.69, 9.17) is 9.15 Å². The number of benzene rings is 1. The number of rotatable bonds is 5. The van der Waals surface area contributed by atoms with E-state index >= 15 is 0 Å². The summed E-state index contributed by atoms with van der Waals surface area (Å²) in [5.41, 5.74) is 0.721. The molecule has 0 radical (unpaired) electrons. The number of aryl methyl sites for hydroxylation is 1. The normalized spacial score (nSPS) is 18.7. The molecule has 0 aliphatic heterocycles. The van der Waals surface area contributed by atoms with Crippen molar-refractivity contribution in [3.63, 3.8) is 0 Å². The van der Waals surface area contributed by atoms with Gasteiger partial charge in [-0.25, -0.2) is 14.6 Å². The number of nitrogens with zero attached hydrogens (tertiary/aromatic N) is 1. The molecule has 2 aromatic rings. The van der Waals surface area contributed by atoms with Gasteiger partial charge in [0.1, 0.15) is 5.76 Å². The van der Waals surface area contributed by atoms with Crippen molar-refractivity contribution in [2.24, 2.45) is 5.92 Å². The van der Waals surface area contributed by atoms with Gasteiger partial charge in [0, 0.05) is 11.6 Å². The van der Waals surface area contributed by atoms with Crippen molar-refractivity contribution in [2.75, 3.05) is 6.61 Å². The van der Waals surface area contributed by atoms with Gasteiger partial charge in [0.15, 0.2) is 12.3 Å². The molecule has 1 aliphatic carbocycles. The van der Waals surface area contributed by atoms with E-state index in [1.54, 1.807) is 19.1 Å². The van der Waals surface area contributed by atoms with Crippen molar-refractivity contribution >= 4 is 17.9 Å². The fourth-order valence-corrected chi connectivity index (χ4v) is 3.39. The molecule has 3 rings (SSSR count). The lowest BCUT2D eigenvalue weighted by atomic mass is 9.86. The van der Waals surface area contributed by atoms with Gasteiger partial charge in [0.05, 0.1) is 0 Å². The van der Waals surface area contributed by atoms with Gasteiger partial charge in [0.25, 0.3) is 5.91 Å². The second-order valence-corrected chi connectivity index (χ2v) is 7.26. The third kappa shape index (κ3) is 5.43. The Morgan fingerprint density at radius 1 is 1.17 bits per heavy atom. The van der Waals surface area contributed by atoms with Gasteiger partial charge in [-0.15, -0.1) is 0 Å². The van der Waals surface area contributed by atoms with E-state index in [-0.39, 0.29) is 11.7 Å². The number of carbonyl (C=O) groups is 3. The van der Waals surface area contributed by atoms with Gasteiger partial charge in [-0.05, 0) is 37.8 Å². The van der Waals surface area contributed by atoms with Crippen LogP contribution in [0.1, 0.15) is 48.9 Å². The summed E-state index contributed by atoms with van der Waals surface area (Å²) in [6.45, 7) is 3.09. The number of oxazole rings is 1. The average Bonchev–Trinajstić information content (AvgIpc) is 3.10. The molecular weight excluding hydrogens is 374 g/mol. The zero-order chi connectivity index (χ0) is 20.8. The molecule has 0 saturated heterocycles. The van der Waals surface area contributed by atoms with E-state index in [1.165, 1.54) is 0 Å². The van der Waals surface area contributed by atoms with Gasteiger partial charge in [0.2, 0.25) is 5.89 Å². The van der Waals surface area contributed by atoms with E-state index in [9.17, 15) is 14.4 Å². The second-order valence-electron chi connectivity index (χ2n) is 7.26.